The van der Waals surface area contributed by atoms with Gasteiger partial charge < -0.3 is 10.2 Å². The molecule has 2 aromatic rings. The number of nitrogens with zero attached hydrogens (tertiary/aromatic N) is 2. The third kappa shape index (κ3) is 4.41. The molecule has 1 heterocycles. The Kier molecular flexibility index (Phi) is 6.25. The Labute approximate surface area is 158 Å². The number of amides is 1. The van der Waals surface area contributed by atoms with Crippen molar-refractivity contribution in [1.82, 2.24) is 15.1 Å². The lowest BCUT2D eigenvalue weighted by Crippen LogP contribution is -2.49. The average molecular weight is 376 g/mol. The highest BCUT2D eigenvalue weighted by molar-refractivity contribution is 6.31. The van der Waals surface area contributed by atoms with Crippen LogP contribution >= 0.6 is 11.6 Å². The number of likely N-dealkylation sites (N-methyl/N-ethyl adjacent to an activating group) is 1. The molecule has 1 aliphatic rings. The standard InChI is InChI=1S/C20H23ClFN3O/c1-24(13-15-6-2-5-9-18(15)22)20(26)14-25-11-10-23-12-19(25)16-7-3-4-8-17(16)21/h2-9,19,23H,10-14H2,1H3. The summed E-state index contributed by atoms with van der Waals surface area (Å²) in [4.78, 5) is 16.4. The van der Waals surface area contributed by atoms with Gasteiger partial charge in [-0.3, -0.25) is 9.69 Å². The largest absolute Gasteiger partial charge is 0.340 e. The number of benzene rings is 2. The first-order valence-corrected chi connectivity index (χ1v) is 9.10. The first-order chi connectivity index (χ1) is 12.6. The monoisotopic (exact) mass is 375 g/mol. The summed E-state index contributed by atoms with van der Waals surface area (Å²) < 4.78 is 13.8. The number of carbonyl (C=O) groups excluding carboxylic acids is 1. The molecule has 0 radical (unpaired) electrons. The summed E-state index contributed by atoms with van der Waals surface area (Å²) in [5.74, 6) is -0.324. The molecule has 2 aromatic carbocycles. The van der Waals surface area contributed by atoms with E-state index in [0.717, 1.165) is 25.2 Å². The minimum atomic E-state index is -0.289. The van der Waals surface area contributed by atoms with Gasteiger partial charge in [0.15, 0.2) is 0 Å². The van der Waals surface area contributed by atoms with Crippen LogP contribution in [0.1, 0.15) is 17.2 Å². The molecule has 6 heteroatoms. The lowest BCUT2D eigenvalue weighted by Gasteiger charge is -2.37. The van der Waals surface area contributed by atoms with Gasteiger partial charge in [-0.1, -0.05) is 48.0 Å². The average Bonchev–Trinajstić information content (AvgIpc) is 2.64. The molecule has 0 saturated carbocycles. The first-order valence-electron chi connectivity index (χ1n) is 8.73. The lowest BCUT2D eigenvalue weighted by molar-refractivity contribution is -0.132. The Bertz CT molecular complexity index is 770. The normalized spacial score (nSPS) is 17.9. The maximum Gasteiger partial charge on any atom is 0.236 e. The minimum Gasteiger partial charge on any atom is -0.340 e. The van der Waals surface area contributed by atoms with Crippen LogP contribution < -0.4 is 5.32 Å². The summed E-state index contributed by atoms with van der Waals surface area (Å²) in [6, 6.07) is 14.3. The number of nitrogens with one attached hydrogen (secondary N) is 1. The highest BCUT2D eigenvalue weighted by Gasteiger charge is 2.27. The van der Waals surface area contributed by atoms with E-state index in [1.807, 2.05) is 24.3 Å². The molecule has 1 atom stereocenters. The maximum absolute atomic E-state index is 13.8. The van der Waals surface area contributed by atoms with Crippen molar-refractivity contribution < 1.29 is 9.18 Å². The fourth-order valence-corrected chi connectivity index (χ4v) is 3.51. The summed E-state index contributed by atoms with van der Waals surface area (Å²) in [7, 11) is 1.71. The fraction of sp³-hybridized carbons (Fsp3) is 0.350. The van der Waals surface area contributed by atoms with E-state index >= 15 is 0 Å². The van der Waals surface area contributed by atoms with Crippen LogP contribution in [0.2, 0.25) is 5.02 Å². The number of carbonyl (C=O) groups is 1. The molecule has 4 nitrogen and oxygen atoms in total. The van der Waals surface area contributed by atoms with Gasteiger partial charge in [0, 0.05) is 49.9 Å². The number of hydrogen-bond acceptors (Lipinski definition) is 3. The number of rotatable bonds is 5. The van der Waals surface area contributed by atoms with Crippen molar-refractivity contribution in [2.45, 2.75) is 12.6 Å². The van der Waals surface area contributed by atoms with Crippen molar-refractivity contribution in [3.63, 3.8) is 0 Å². The van der Waals surface area contributed by atoms with E-state index in [9.17, 15) is 9.18 Å². The molecular weight excluding hydrogens is 353 g/mol. The number of hydrogen-bond donors (Lipinski definition) is 1. The smallest absolute Gasteiger partial charge is 0.236 e. The molecular formula is C20H23ClFN3O. The van der Waals surface area contributed by atoms with E-state index in [0.29, 0.717) is 10.6 Å². The van der Waals surface area contributed by atoms with Gasteiger partial charge in [0.1, 0.15) is 5.82 Å². The van der Waals surface area contributed by atoms with Gasteiger partial charge in [-0.2, -0.15) is 0 Å². The SMILES string of the molecule is CN(Cc1ccccc1F)C(=O)CN1CCNCC1c1ccccc1Cl. The number of halogens is 2. The Morgan fingerprint density at radius 2 is 2.00 bits per heavy atom. The minimum absolute atomic E-state index is 0.0350. The molecule has 1 saturated heterocycles. The predicted molar refractivity (Wildman–Crippen MR) is 102 cm³/mol. The Morgan fingerprint density at radius 1 is 1.27 bits per heavy atom. The highest BCUT2D eigenvalue weighted by Crippen LogP contribution is 2.28. The molecule has 1 fully saturated rings. The molecule has 0 aliphatic carbocycles. The summed E-state index contributed by atoms with van der Waals surface area (Å²) in [5, 5.41) is 4.07. The van der Waals surface area contributed by atoms with E-state index in [-0.39, 0.29) is 30.9 Å². The van der Waals surface area contributed by atoms with Gasteiger partial charge in [-0.05, 0) is 17.7 Å². The van der Waals surface area contributed by atoms with Crippen LogP contribution in [0.3, 0.4) is 0 Å². The van der Waals surface area contributed by atoms with Crippen molar-refractivity contribution in [2.75, 3.05) is 33.2 Å². The molecule has 1 aliphatic heterocycles. The summed E-state index contributed by atoms with van der Waals surface area (Å²) in [6.07, 6.45) is 0. The predicted octanol–water partition coefficient (Wildman–Crippen LogP) is 3.08. The van der Waals surface area contributed by atoms with E-state index in [1.165, 1.54) is 6.07 Å². The van der Waals surface area contributed by atoms with Crippen LogP contribution in [0.15, 0.2) is 48.5 Å². The van der Waals surface area contributed by atoms with Crippen molar-refractivity contribution in [2.24, 2.45) is 0 Å². The van der Waals surface area contributed by atoms with Gasteiger partial charge in [0.05, 0.1) is 6.54 Å². The molecule has 0 bridgehead atoms. The highest BCUT2D eigenvalue weighted by atomic mass is 35.5. The fourth-order valence-electron chi connectivity index (χ4n) is 3.25. The Balaban J connectivity index is 1.68. The molecule has 0 spiro atoms. The van der Waals surface area contributed by atoms with Crippen LogP contribution in [0.5, 0.6) is 0 Å². The van der Waals surface area contributed by atoms with Gasteiger partial charge in [-0.15, -0.1) is 0 Å². The maximum atomic E-state index is 13.8. The van der Waals surface area contributed by atoms with E-state index < -0.39 is 0 Å². The van der Waals surface area contributed by atoms with Crippen LogP contribution in [0, 0.1) is 5.82 Å². The van der Waals surface area contributed by atoms with E-state index in [1.54, 1.807) is 30.1 Å². The quantitative estimate of drug-likeness (QED) is 0.872. The molecule has 0 aromatic heterocycles. The van der Waals surface area contributed by atoms with Gasteiger partial charge in [-0.25, -0.2) is 4.39 Å². The second-order valence-electron chi connectivity index (χ2n) is 6.55. The van der Waals surface area contributed by atoms with Crippen LogP contribution in [-0.4, -0.2) is 48.9 Å². The molecule has 1 unspecified atom stereocenters. The second-order valence-corrected chi connectivity index (χ2v) is 6.96. The summed E-state index contributed by atoms with van der Waals surface area (Å²) >= 11 is 6.36. The van der Waals surface area contributed by atoms with E-state index in [4.69, 9.17) is 11.6 Å². The zero-order valence-corrected chi connectivity index (χ0v) is 15.5. The van der Waals surface area contributed by atoms with Gasteiger partial charge in [0.2, 0.25) is 5.91 Å². The Hall–Kier alpha value is -1.95. The zero-order chi connectivity index (χ0) is 18.5. The van der Waals surface area contributed by atoms with Crippen molar-refractivity contribution in [1.29, 1.82) is 0 Å². The van der Waals surface area contributed by atoms with Crippen LogP contribution in [0.4, 0.5) is 4.39 Å². The van der Waals surface area contributed by atoms with Crippen molar-refractivity contribution in [3.05, 3.63) is 70.5 Å². The van der Waals surface area contributed by atoms with Gasteiger partial charge >= 0.3 is 0 Å². The Morgan fingerprint density at radius 3 is 2.77 bits per heavy atom. The van der Waals surface area contributed by atoms with E-state index in [2.05, 4.69) is 10.2 Å². The second kappa shape index (κ2) is 8.62. The van der Waals surface area contributed by atoms with Crippen LogP contribution in [-0.2, 0) is 11.3 Å². The van der Waals surface area contributed by atoms with Crippen molar-refractivity contribution in [3.8, 4) is 0 Å². The molecule has 138 valence electrons. The van der Waals surface area contributed by atoms with Crippen LogP contribution in [0.25, 0.3) is 0 Å². The third-order valence-corrected chi connectivity index (χ3v) is 5.09. The lowest BCUT2D eigenvalue weighted by atomic mass is 10.0. The van der Waals surface area contributed by atoms with Gasteiger partial charge in [0.25, 0.3) is 0 Å². The summed E-state index contributed by atoms with van der Waals surface area (Å²) in [5.41, 5.74) is 1.54. The third-order valence-electron chi connectivity index (χ3n) is 4.75. The zero-order valence-electron chi connectivity index (χ0n) is 14.8. The number of piperazine rings is 1. The molecule has 1 amide bonds. The topological polar surface area (TPSA) is 35.6 Å². The first kappa shape index (κ1) is 18.8. The molecule has 26 heavy (non-hydrogen) atoms. The molecule has 1 N–H and O–H groups in total. The molecule has 3 rings (SSSR count). The summed E-state index contributed by atoms with van der Waals surface area (Å²) in [6.45, 7) is 2.87. The van der Waals surface area contributed by atoms with Crippen molar-refractivity contribution >= 4 is 17.5 Å².